The summed E-state index contributed by atoms with van der Waals surface area (Å²) in [6, 6.07) is 8.06. The Labute approximate surface area is 94.4 Å². The lowest BCUT2D eigenvalue weighted by atomic mass is 9.81. The van der Waals surface area contributed by atoms with E-state index in [1.165, 1.54) is 0 Å². The van der Waals surface area contributed by atoms with Crippen LogP contribution in [0.15, 0.2) is 24.3 Å². The molecule has 2 atom stereocenters. The van der Waals surface area contributed by atoms with Crippen molar-refractivity contribution in [3.05, 3.63) is 35.4 Å². The molecule has 0 saturated carbocycles. The summed E-state index contributed by atoms with van der Waals surface area (Å²) in [5, 5.41) is 0. The molecule has 0 N–H and O–H groups in total. The van der Waals surface area contributed by atoms with Crippen molar-refractivity contribution in [3.63, 3.8) is 0 Å². The number of fused-ring (bicyclic) bond motifs is 3. The Hall–Kier alpha value is -1.35. The topological polar surface area (TPSA) is 35.5 Å². The highest BCUT2D eigenvalue weighted by molar-refractivity contribution is 5.74. The Morgan fingerprint density at radius 1 is 1.44 bits per heavy atom. The first-order chi connectivity index (χ1) is 7.76. The van der Waals surface area contributed by atoms with Crippen molar-refractivity contribution in [1.82, 2.24) is 0 Å². The molecule has 0 unspecified atom stereocenters. The highest BCUT2D eigenvalue weighted by Gasteiger charge is 2.53. The highest BCUT2D eigenvalue weighted by Crippen LogP contribution is 2.46. The summed E-state index contributed by atoms with van der Waals surface area (Å²) in [6.07, 6.45) is 1.03. The van der Waals surface area contributed by atoms with Gasteiger partial charge in [-0.25, -0.2) is 0 Å². The van der Waals surface area contributed by atoms with Crippen LogP contribution in [0.25, 0.3) is 0 Å². The average Bonchev–Trinajstić information content (AvgIpc) is 2.66. The van der Waals surface area contributed by atoms with Gasteiger partial charge in [-0.1, -0.05) is 31.2 Å². The van der Waals surface area contributed by atoms with Crippen molar-refractivity contribution in [3.8, 4) is 0 Å². The first kappa shape index (κ1) is 9.85. The molecule has 0 aromatic heterocycles. The second kappa shape index (κ2) is 3.32. The second-order valence-electron chi connectivity index (χ2n) is 4.38. The van der Waals surface area contributed by atoms with Crippen molar-refractivity contribution in [2.24, 2.45) is 0 Å². The molecule has 2 aliphatic heterocycles. The third-order valence-corrected chi connectivity index (χ3v) is 3.61. The zero-order valence-corrected chi connectivity index (χ0v) is 9.23. The van der Waals surface area contributed by atoms with Gasteiger partial charge < -0.3 is 9.47 Å². The molecule has 1 saturated heterocycles. The first-order valence-electron chi connectivity index (χ1n) is 5.68. The lowest BCUT2D eigenvalue weighted by Crippen LogP contribution is -2.41. The van der Waals surface area contributed by atoms with Gasteiger partial charge in [0.1, 0.15) is 6.10 Å². The molecule has 3 heteroatoms. The van der Waals surface area contributed by atoms with Gasteiger partial charge >= 0.3 is 5.97 Å². The Morgan fingerprint density at radius 2 is 2.25 bits per heavy atom. The summed E-state index contributed by atoms with van der Waals surface area (Å²) < 4.78 is 11.3. The fourth-order valence-corrected chi connectivity index (χ4v) is 2.79. The maximum atomic E-state index is 11.5. The Balaban J connectivity index is 2.16. The van der Waals surface area contributed by atoms with Crippen LogP contribution in [0.1, 0.15) is 30.9 Å². The van der Waals surface area contributed by atoms with E-state index in [0.717, 1.165) is 17.5 Å². The molecule has 2 aliphatic rings. The Bertz CT molecular complexity index is 441. The zero-order valence-electron chi connectivity index (χ0n) is 9.23. The van der Waals surface area contributed by atoms with Crippen molar-refractivity contribution in [2.45, 2.75) is 38.1 Å². The number of hydrogen-bond acceptors (Lipinski definition) is 3. The van der Waals surface area contributed by atoms with Gasteiger partial charge in [0.2, 0.25) is 0 Å². The molecule has 2 heterocycles. The van der Waals surface area contributed by atoms with Gasteiger partial charge in [-0.3, -0.25) is 4.79 Å². The SMILES string of the molecule is CC[C@@]12OC(=O)C[C@@H]1OCc1ccccc12. The highest BCUT2D eigenvalue weighted by atomic mass is 16.6. The molecular weight excluding hydrogens is 204 g/mol. The van der Waals surface area contributed by atoms with E-state index in [1.54, 1.807) is 0 Å². The minimum Gasteiger partial charge on any atom is -0.451 e. The molecular formula is C13H14O3. The predicted octanol–water partition coefficient (Wildman–Crippen LogP) is 2.14. The third kappa shape index (κ3) is 1.15. The number of benzene rings is 1. The predicted molar refractivity (Wildman–Crippen MR) is 57.7 cm³/mol. The number of rotatable bonds is 1. The average molecular weight is 218 g/mol. The molecule has 3 rings (SSSR count). The Kier molecular flexibility index (Phi) is 2.04. The molecule has 1 fully saturated rings. The summed E-state index contributed by atoms with van der Waals surface area (Å²) in [6.45, 7) is 2.62. The molecule has 84 valence electrons. The summed E-state index contributed by atoms with van der Waals surface area (Å²) in [5.74, 6) is -0.149. The van der Waals surface area contributed by atoms with Crippen LogP contribution in [0.2, 0.25) is 0 Å². The van der Waals surface area contributed by atoms with Crippen molar-refractivity contribution in [1.29, 1.82) is 0 Å². The van der Waals surface area contributed by atoms with Gasteiger partial charge in [-0.2, -0.15) is 0 Å². The van der Waals surface area contributed by atoms with Gasteiger partial charge in [0.25, 0.3) is 0 Å². The maximum Gasteiger partial charge on any atom is 0.309 e. The molecule has 1 aromatic carbocycles. The van der Waals surface area contributed by atoms with Crippen LogP contribution >= 0.6 is 0 Å². The lowest BCUT2D eigenvalue weighted by Gasteiger charge is -2.38. The van der Waals surface area contributed by atoms with Crippen LogP contribution in [-0.2, 0) is 26.5 Å². The van der Waals surface area contributed by atoms with Gasteiger partial charge in [0.15, 0.2) is 5.60 Å². The molecule has 0 amide bonds. The monoisotopic (exact) mass is 218 g/mol. The lowest BCUT2D eigenvalue weighted by molar-refractivity contribution is -0.158. The van der Waals surface area contributed by atoms with E-state index < -0.39 is 5.60 Å². The molecule has 0 spiro atoms. The quantitative estimate of drug-likeness (QED) is 0.677. The van der Waals surface area contributed by atoms with Crippen LogP contribution in [0, 0.1) is 0 Å². The zero-order chi connectivity index (χ0) is 11.2. The van der Waals surface area contributed by atoms with Crippen LogP contribution in [0.3, 0.4) is 0 Å². The van der Waals surface area contributed by atoms with Gasteiger partial charge in [-0.05, 0) is 12.0 Å². The number of ether oxygens (including phenoxy) is 2. The molecule has 0 radical (unpaired) electrons. The van der Waals surface area contributed by atoms with Crippen LogP contribution in [0.5, 0.6) is 0 Å². The molecule has 16 heavy (non-hydrogen) atoms. The third-order valence-electron chi connectivity index (χ3n) is 3.61. The van der Waals surface area contributed by atoms with Crippen LogP contribution in [0.4, 0.5) is 0 Å². The standard InChI is InChI=1S/C13H14O3/c1-2-13-10-6-4-3-5-9(10)8-15-11(13)7-12(14)16-13/h3-6,11H,2,7-8H2,1H3/t11-,13-/m0/s1. The number of esters is 1. The van der Waals surface area contributed by atoms with Gasteiger partial charge in [0.05, 0.1) is 13.0 Å². The van der Waals surface area contributed by atoms with Crippen molar-refractivity contribution >= 4 is 5.97 Å². The molecule has 0 aliphatic carbocycles. The van der Waals surface area contributed by atoms with Crippen LogP contribution < -0.4 is 0 Å². The number of carbonyl (C=O) groups excluding carboxylic acids is 1. The molecule has 1 aromatic rings. The van der Waals surface area contributed by atoms with E-state index in [2.05, 4.69) is 0 Å². The van der Waals surface area contributed by atoms with E-state index in [-0.39, 0.29) is 12.1 Å². The molecule has 3 nitrogen and oxygen atoms in total. The first-order valence-corrected chi connectivity index (χ1v) is 5.68. The van der Waals surface area contributed by atoms with E-state index in [1.807, 2.05) is 31.2 Å². The Morgan fingerprint density at radius 3 is 3.06 bits per heavy atom. The van der Waals surface area contributed by atoms with Crippen LogP contribution in [-0.4, -0.2) is 12.1 Å². The van der Waals surface area contributed by atoms with E-state index >= 15 is 0 Å². The van der Waals surface area contributed by atoms with Crippen molar-refractivity contribution < 1.29 is 14.3 Å². The van der Waals surface area contributed by atoms with Gasteiger partial charge in [-0.15, -0.1) is 0 Å². The van der Waals surface area contributed by atoms with E-state index in [4.69, 9.17) is 9.47 Å². The second-order valence-corrected chi connectivity index (χ2v) is 4.38. The largest absolute Gasteiger partial charge is 0.451 e. The van der Waals surface area contributed by atoms with Gasteiger partial charge in [0, 0.05) is 5.56 Å². The fourth-order valence-electron chi connectivity index (χ4n) is 2.79. The minimum absolute atomic E-state index is 0.111. The summed E-state index contributed by atoms with van der Waals surface area (Å²) in [7, 11) is 0. The summed E-state index contributed by atoms with van der Waals surface area (Å²) in [4.78, 5) is 11.5. The van der Waals surface area contributed by atoms with E-state index in [0.29, 0.717) is 13.0 Å². The van der Waals surface area contributed by atoms with Crippen molar-refractivity contribution in [2.75, 3.05) is 0 Å². The number of hydrogen-bond donors (Lipinski definition) is 0. The number of carbonyl (C=O) groups is 1. The molecule has 0 bridgehead atoms. The minimum atomic E-state index is -0.536. The summed E-state index contributed by atoms with van der Waals surface area (Å²) >= 11 is 0. The maximum absolute atomic E-state index is 11.5. The fraction of sp³-hybridized carbons (Fsp3) is 0.462. The normalized spacial score (nSPS) is 31.8. The summed E-state index contributed by atoms with van der Waals surface area (Å²) in [5.41, 5.74) is 1.72. The smallest absolute Gasteiger partial charge is 0.309 e. The van der Waals surface area contributed by atoms with E-state index in [9.17, 15) is 4.79 Å².